The minimum atomic E-state index is -0.373. The molecule has 0 spiro atoms. The molecule has 2 aromatic rings. The van der Waals surface area contributed by atoms with E-state index in [1.807, 2.05) is 0 Å². The molecular formula is C13H10ClIN2O3S. The highest BCUT2D eigenvalue weighted by Crippen LogP contribution is 2.21. The molecule has 1 aromatic heterocycles. The Morgan fingerprint density at radius 3 is 2.90 bits per heavy atom. The van der Waals surface area contributed by atoms with Gasteiger partial charge in [0.05, 0.1) is 24.2 Å². The van der Waals surface area contributed by atoms with Crippen molar-refractivity contribution in [1.82, 2.24) is 4.98 Å². The number of methoxy groups -OCH3 is 1. The van der Waals surface area contributed by atoms with Gasteiger partial charge < -0.3 is 4.74 Å². The summed E-state index contributed by atoms with van der Waals surface area (Å²) in [6, 6.07) is 5.05. The highest BCUT2D eigenvalue weighted by atomic mass is 127. The summed E-state index contributed by atoms with van der Waals surface area (Å²) in [5.41, 5.74) is 1.01. The minimum Gasteiger partial charge on any atom is -0.469 e. The van der Waals surface area contributed by atoms with Crippen LogP contribution in [0.2, 0.25) is 5.02 Å². The Kier molecular flexibility index (Phi) is 5.54. The molecule has 0 aliphatic carbocycles. The molecule has 0 saturated heterocycles. The van der Waals surface area contributed by atoms with E-state index in [0.29, 0.717) is 21.4 Å². The van der Waals surface area contributed by atoms with Crippen molar-refractivity contribution in [1.29, 1.82) is 0 Å². The number of amides is 1. The van der Waals surface area contributed by atoms with Crippen molar-refractivity contribution in [3.05, 3.63) is 43.4 Å². The summed E-state index contributed by atoms with van der Waals surface area (Å²) < 4.78 is 5.44. The van der Waals surface area contributed by atoms with Gasteiger partial charge in [-0.3, -0.25) is 14.9 Å². The number of nitrogens with one attached hydrogen (secondary N) is 1. The third-order valence-electron chi connectivity index (χ3n) is 2.51. The highest BCUT2D eigenvalue weighted by molar-refractivity contribution is 14.1. The number of carbonyl (C=O) groups is 2. The molecule has 21 heavy (non-hydrogen) atoms. The monoisotopic (exact) mass is 436 g/mol. The first-order valence-electron chi connectivity index (χ1n) is 5.77. The Morgan fingerprint density at radius 1 is 1.48 bits per heavy atom. The van der Waals surface area contributed by atoms with Gasteiger partial charge in [0, 0.05) is 14.5 Å². The Labute approximate surface area is 143 Å². The van der Waals surface area contributed by atoms with Crippen molar-refractivity contribution < 1.29 is 14.3 Å². The summed E-state index contributed by atoms with van der Waals surface area (Å²) in [5.74, 6) is -0.671. The predicted molar refractivity (Wildman–Crippen MR) is 90.0 cm³/mol. The first-order chi connectivity index (χ1) is 9.99. The zero-order chi connectivity index (χ0) is 15.4. The number of anilines is 1. The van der Waals surface area contributed by atoms with Crippen LogP contribution in [0.15, 0.2) is 23.6 Å². The number of ether oxygens (including phenoxy) is 1. The van der Waals surface area contributed by atoms with Crippen molar-refractivity contribution in [3.8, 4) is 0 Å². The van der Waals surface area contributed by atoms with E-state index >= 15 is 0 Å². The number of halogens is 2. The van der Waals surface area contributed by atoms with Crippen molar-refractivity contribution in [2.24, 2.45) is 0 Å². The molecule has 0 atom stereocenters. The second-order valence-electron chi connectivity index (χ2n) is 3.98. The zero-order valence-corrected chi connectivity index (χ0v) is 14.6. The smallest absolute Gasteiger partial charge is 0.311 e. The first kappa shape index (κ1) is 16.2. The lowest BCUT2D eigenvalue weighted by atomic mass is 10.2. The van der Waals surface area contributed by atoms with Gasteiger partial charge in [-0.05, 0) is 40.8 Å². The fraction of sp³-hybridized carbons (Fsp3) is 0.154. The summed E-state index contributed by atoms with van der Waals surface area (Å²) in [5, 5.41) is 5.32. The Balaban J connectivity index is 2.05. The molecular weight excluding hydrogens is 427 g/mol. The second-order valence-corrected chi connectivity index (χ2v) is 6.41. The molecule has 0 aliphatic heterocycles. The van der Waals surface area contributed by atoms with Crippen molar-refractivity contribution in [3.63, 3.8) is 0 Å². The lowest BCUT2D eigenvalue weighted by Crippen LogP contribution is -2.12. The van der Waals surface area contributed by atoms with E-state index in [2.05, 4.69) is 37.6 Å². The maximum absolute atomic E-state index is 12.1. The predicted octanol–water partition coefficient (Wildman–Crippen LogP) is 3.37. The molecule has 5 nitrogen and oxygen atoms in total. The lowest BCUT2D eigenvalue weighted by molar-refractivity contribution is -0.139. The molecule has 1 aromatic carbocycles. The molecule has 0 bridgehead atoms. The third kappa shape index (κ3) is 4.39. The first-order valence-corrected chi connectivity index (χ1v) is 8.11. The fourth-order valence-electron chi connectivity index (χ4n) is 1.47. The van der Waals surface area contributed by atoms with Crippen molar-refractivity contribution >= 4 is 62.5 Å². The maximum atomic E-state index is 12.1. The van der Waals surface area contributed by atoms with Crippen molar-refractivity contribution in [2.45, 2.75) is 6.42 Å². The molecule has 110 valence electrons. The van der Waals surface area contributed by atoms with Crippen molar-refractivity contribution in [2.75, 3.05) is 12.4 Å². The van der Waals surface area contributed by atoms with Gasteiger partial charge in [-0.25, -0.2) is 4.98 Å². The Bertz CT molecular complexity index is 690. The highest BCUT2D eigenvalue weighted by Gasteiger charge is 2.12. The van der Waals surface area contributed by atoms with Gasteiger partial charge in [-0.1, -0.05) is 11.6 Å². The average molecular weight is 437 g/mol. The third-order valence-corrected chi connectivity index (χ3v) is 4.89. The van der Waals surface area contributed by atoms with E-state index < -0.39 is 0 Å². The molecule has 8 heteroatoms. The quantitative estimate of drug-likeness (QED) is 0.589. The molecule has 0 saturated carbocycles. The largest absolute Gasteiger partial charge is 0.469 e. The number of carbonyl (C=O) groups excluding carboxylic acids is 2. The summed E-state index contributed by atoms with van der Waals surface area (Å²) in [6.07, 6.45) is 0.0816. The van der Waals surface area contributed by atoms with Crippen LogP contribution in [0.5, 0.6) is 0 Å². The normalized spacial score (nSPS) is 10.2. The second kappa shape index (κ2) is 7.19. The topological polar surface area (TPSA) is 68.3 Å². The van der Waals surface area contributed by atoms with Crippen LogP contribution >= 0.6 is 45.5 Å². The summed E-state index contributed by atoms with van der Waals surface area (Å²) in [7, 11) is 1.32. The van der Waals surface area contributed by atoms with Gasteiger partial charge in [0.15, 0.2) is 5.13 Å². The molecule has 1 heterocycles. The van der Waals surface area contributed by atoms with Crippen LogP contribution in [0.25, 0.3) is 0 Å². The summed E-state index contributed by atoms with van der Waals surface area (Å²) >= 11 is 9.32. The van der Waals surface area contributed by atoms with Crippen LogP contribution in [-0.4, -0.2) is 24.0 Å². The number of rotatable bonds is 4. The average Bonchev–Trinajstić information content (AvgIpc) is 2.88. The number of esters is 1. The van der Waals surface area contributed by atoms with Gasteiger partial charge in [0.25, 0.3) is 5.91 Å². The Morgan fingerprint density at radius 2 is 2.24 bits per heavy atom. The minimum absolute atomic E-state index is 0.0816. The summed E-state index contributed by atoms with van der Waals surface area (Å²) in [4.78, 5) is 27.4. The van der Waals surface area contributed by atoms with Crippen LogP contribution in [-0.2, 0) is 16.0 Å². The molecule has 0 unspecified atom stereocenters. The lowest BCUT2D eigenvalue weighted by Gasteiger charge is -2.03. The van der Waals surface area contributed by atoms with E-state index in [-0.39, 0.29) is 18.3 Å². The molecule has 1 amide bonds. The van der Waals surface area contributed by atoms with Gasteiger partial charge in [0.1, 0.15) is 0 Å². The van der Waals surface area contributed by atoms with Crippen LogP contribution in [0.1, 0.15) is 16.1 Å². The van der Waals surface area contributed by atoms with E-state index in [0.717, 1.165) is 3.57 Å². The zero-order valence-electron chi connectivity index (χ0n) is 10.9. The van der Waals surface area contributed by atoms with E-state index in [1.165, 1.54) is 18.4 Å². The van der Waals surface area contributed by atoms with E-state index in [9.17, 15) is 9.59 Å². The van der Waals surface area contributed by atoms with Gasteiger partial charge in [0.2, 0.25) is 0 Å². The number of hydrogen-bond acceptors (Lipinski definition) is 5. The standard InChI is InChI=1S/C13H10ClIN2O3S/c1-20-11(18)5-8-6-21-13(16-8)17-12(19)7-2-3-10(15)9(14)4-7/h2-4,6H,5H2,1H3,(H,16,17,19). The number of hydrogen-bond donors (Lipinski definition) is 1. The number of benzene rings is 1. The van der Waals surface area contributed by atoms with Gasteiger partial charge in [-0.2, -0.15) is 0 Å². The van der Waals surface area contributed by atoms with Crippen LogP contribution in [0.4, 0.5) is 5.13 Å². The Hall–Kier alpha value is -1.19. The SMILES string of the molecule is COC(=O)Cc1csc(NC(=O)c2ccc(I)c(Cl)c2)n1. The van der Waals surface area contributed by atoms with E-state index in [1.54, 1.807) is 23.6 Å². The number of nitrogens with zero attached hydrogens (tertiary/aromatic N) is 1. The van der Waals surface area contributed by atoms with Crippen LogP contribution < -0.4 is 5.32 Å². The molecule has 0 radical (unpaired) electrons. The van der Waals surface area contributed by atoms with Crippen LogP contribution in [0, 0.1) is 3.57 Å². The van der Waals surface area contributed by atoms with E-state index in [4.69, 9.17) is 11.6 Å². The maximum Gasteiger partial charge on any atom is 0.311 e. The summed E-state index contributed by atoms with van der Waals surface area (Å²) in [6.45, 7) is 0. The number of aromatic nitrogens is 1. The molecule has 2 rings (SSSR count). The van der Waals surface area contributed by atoms with Gasteiger partial charge >= 0.3 is 5.97 Å². The fourth-order valence-corrected chi connectivity index (χ4v) is 2.69. The molecule has 1 N–H and O–H groups in total. The number of thiazole rings is 1. The molecule has 0 fully saturated rings. The van der Waals surface area contributed by atoms with Crippen LogP contribution in [0.3, 0.4) is 0 Å². The molecule has 0 aliphatic rings. The van der Waals surface area contributed by atoms with Gasteiger partial charge in [-0.15, -0.1) is 11.3 Å².